The molecule has 1 aliphatic heterocycles. The normalized spacial score (nSPS) is 15.8. The lowest BCUT2D eigenvalue weighted by Crippen LogP contribution is -2.33. The molecule has 9 heteroatoms. The summed E-state index contributed by atoms with van der Waals surface area (Å²) in [6, 6.07) is 5.23. The van der Waals surface area contributed by atoms with Gasteiger partial charge in [0.15, 0.2) is 11.5 Å². The largest absolute Gasteiger partial charge is 0.494 e. The van der Waals surface area contributed by atoms with Gasteiger partial charge >= 0.3 is 5.69 Å². The molecule has 27 heavy (non-hydrogen) atoms. The first-order chi connectivity index (χ1) is 13.0. The van der Waals surface area contributed by atoms with Crippen LogP contribution in [0.15, 0.2) is 45.5 Å². The average Bonchev–Trinajstić information content (AvgIpc) is 3.14. The molecule has 0 spiro atoms. The molecule has 142 valence electrons. The fourth-order valence-electron chi connectivity index (χ4n) is 2.98. The molecule has 0 aliphatic carbocycles. The molecule has 9 nitrogen and oxygen atoms in total. The first kappa shape index (κ1) is 18.3. The Morgan fingerprint density at radius 3 is 2.74 bits per heavy atom. The molecule has 3 rings (SSSR count). The van der Waals surface area contributed by atoms with Crippen LogP contribution in [0.5, 0.6) is 17.4 Å². The van der Waals surface area contributed by atoms with E-state index in [0.717, 1.165) is 10.1 Å². The fraction of sp³-hybridized carbons (Fsp3) is 0.278. The van der Waals surface area contributed by atoms with E-state index in [9.17, 15) is 14.7 Å². The highest BCUT2D eigenvalue weighted by Crippen LogP contribution is 2.33. The summed E-state index contributed by atoms with van der Waals surface area (Å²) in [5.41, 5.74) is 2.75. The van der Waals surface area contributed by atoms with E-state index in [4.69, 9.17) is 9.47 Å². The molecule has 0 bridgehead atoms. The van der Waals surface area contributed by atoms with Gasteiger partial charge in [0.05, 0.1) is 26.0 Å². The number of allylic oxidation sites excluding steroid dienone is 1. The Labute approximate surface area is 154 Å². The lowest BCUT2D eigenvalue weighted by molar-refractivity contribution is 0.354. The quantitative estimate of drug-likeness (QED) is 0.648. The summed E-state index contributed by atoms with van der Waals surface area (Å²) in [6.07, 6.45) is 1.79. The van der Waals surface area contributed by atoms with E-state index < -0.39 is 17.1 Å². The number of benzene rings is 1. The van der Waals surface area contributed by atoms with Crippen molar-refractivity contribution in [2.24, 2.45) is 5.10 Å². The van der Waals surface area contributed by atoms with Crippen molar-refractivity contribution in [3.63, 3.8) is 0 Å². The Balaban J connectivity index is 1.93. The van der Waals surface area contributed by atoms with Crippen LogP contribution in [0.3, 0.4) is 0 Å². The molecular formula is C18H20N4O5. The van der Waals surface area contributed by atoms with Crippen LogP contribution < -0.4 is 26.1 Å². The molecule has 0 amide bonds. The number of ether oxygens (including phenoxy) is 2. The van der Waals surface area contributed by atoms with Crippen LogP contribution >= 0.6 is 0 Å². The topological polar surface area (TPSA) is 118 Å². The lowest BCUT2D eigenvalue weighted by Gasteiger charge is -2.14. The van der Waals surface area contributed by atoms with Crippen molar-refractivity contribution < 1.29 is 14.6 Å². The number of hydrogen-bond acceptors (Lipinski definition) is 7. The molecule has 2 aromatic rings. The van der Waals surface area contributed by atoms with Crippen molar-refractivity contribution >= 4 is 5.71 Å². The van der Waals surface area contributed by atoms with Gasteiger partial charge in [0, 0.05) is 13.0 Å². The molecule has 1 aliphatic rings. The highest BCUT2D eigenvalue weighted by molar-refractivity contribution is 6.03. The van der Waals surface area contributed by atoms with Crippen LogP contribution in [0.4, 0.5) is 0 Å². The predicted octanol–water partition coefficient (Wildman–Crippen LogP) is 0.884. The number of aromatic hydroxyl groups is 1. The molecule has 0 unspecified atom stereocenters. The summed E-state index contributed by atoms with van der Waals surface area (Å²) in [4.78, 5) is 26.3. The standard InChI is InChI=1S/C18H20N4O5/c1-4-7-22-17(24)15(16(23)19-18(22)25)12-9-11(20-21-12)10-5-6-13(26-2)14(8-10)27-3/h4-6,8,11,20,24H,1,7,9H2,2-3H3,(H,19,23,25)/t11-/m0/s1. The van der Waals surface area contributed by atoms with Gasteiger partial charge in [-0.15, -0.1) is 6.58 Å². The summed E-state index contributed by atoms with van der Waals surface area (Å²) >= 11 is 0. The van der Waals surface area contributed by atoms with Crippen LogP contribution in [0.2, 0.25) is 0 Å². The molecule has 0 radical (unpaired) electrons. The zero-order chi connectivity index (χ0) is 19.6. The van der Waals surface area contributed by atoms with E-state index >= 15 is 0 Å². The van der Waals surface area contributed by atoms with E-state index in [1.807, 2.05) is 12.1 Å². The van der Waals surface area contributed by atoms with Crippen molar-refractivity contribution in [3.05, 3.63) is 62.8 Å². The highest BCUT2D eigenvalue weighted by atomic mass is 16.5. The predicted molar refractivity (Wildman–Crippen MR) is 99.8 cm³/mol. The SMILES string of the molecule is C=CCn1c(O)c(C2=NN[C@H](c3ccc(OC)c(OC)c3)C2)c(=O)[nH]c1=O. The Morgan fingerprint density at radius 2 is 2.07 bits per heavy atom. The van der Waals surface area contributed by atoms with Crippen molar-refractivity contribution in [2.45, 2.75) is 19.0 Å². The van der Waals surface area contributed by atoms with Gasteiger partial charge in [-0.3, -0.25) is 14.3 Å². The van der Waals surface area contributed by atoms with Crippen LogP contribution in [-0.4, -0.2) is 34.6 Å². The number of aromatic amines is 1. The zero-order valence-corrected chi connectivity index (χ0v) is 15.0. The number of H-pyrrole nitrogens is 1. The first-order valence-electron chi connectivity index (χ1n) is 8.21. The molecule has 1 aromatic carbocycles. The zero-order valence-electron chi connectivity index (χ0n) is 15.0. The molecular weight excluding hydrogens is 352 g/mol. The Hall–Kier alpha value is -3.49. The Morgan fingerprint density at radius 1 is 1.33 bits per heavy atom. The first-order valence-corrected chi connectivity index (χ1v) is 8.21. The van der Waals surface area contributed by atoms with Crippen LogP contribution in [-0.2, 0) is 6.54 Å². The minimum Gasteiger partial charge on any atom is -0.494 e. The van der Waals surface area contributed by atoms with Crippen LogP contribution in [0.25, 0.3) is 0 Å². The number of rotatable bonds is 6. The maximum Gasteiger partial charge on any atom is 0.331 e. The van der Waals surface area contributed by atoms with Gasteiger partial charge in [-0.05, 0) is 17.7 Å². The van der Waals surface area contributed by atoms with Gasteiger partial charge in [0.2, 0.25) is 5.88 Å². The molecule has 1 aromatic heterocycles. The third-order valence-electron chi connectivity index (χ3n) is 4.33. The number of aromatic nitrogens is 2. The van der Waals surface area contributed by atoms with Crippen molar-refractivity contribution in [1.29, 1.82) is 0 Å². The van der Waals surface area contributed by atoms with Gasteiger partial charge < -0.3 is 20.0 Å². The summed E-state index contributed by atoms with van der Waals surface area (Å²) in [5.74, 6) is 0.744. The van der Waals surface area contributed by atoms with E-state index in [2.05, 4.69) is 22.1 Å². The summed E-state index contributed by atoms with van der Waals surface area (Å²) in [7, 11) is 3.10. The molecule has 1 atom stereocenters. The van der Waals surface area contributed by atoms with Gasteiger partial charge in [-0.25, -0.2) is 4.79 Å². The maximum atomic E-state index is 12.2. The average molecular weight is 372 g/mol. The van der Waals surface area contributed by atoms with E-state index in [-0.39, 0.29) is 18.2 Å². The van der Waals surface area contributed by atoms with Crippen LogP contribution in [0.1, 0.15) is 23.6 Å². The van der Waals surface area contributed by atoms with Crippen molar-refractivity contribution in [1.82, 2.24) is 15.0 Å². The van der Waals surface area contributed by atoms with E-state index in [1.54, 1.807) is 20.3 Å². The molecule has 0 saturated heterocycles. The third kappa shape index (κ3) is 3.31. The number of nitrogens with zero attached hydrogens (tertiary/aromatic N) is 2. The van der Waals surface area contributed by atoms with Gasteiger partial charge in [0.1, 0.15) is 5.56 Å². The van der Waals surface area contributed by atoms with Gasteiger partial charge in [0.25, 0.3) is 5.56 Å². The minimum absolute atomic E-state index is 0.0353. The van der Waals surface area contributed by atoms with E-state index in [0.29, 0.717) is 23.6 Å². The summed E-state index contributed by atoms with van der Waals surface area (Å²) in [5, 5.41) is 14.6. The molecule has 0 fully saturated rings. The fourth-order valence-corrected chi connectivity index (χ4v) is 2.98. The minimum atomic E-state index is -0.704. The van der Waals surface area contributed by atoms with Gasteiger partial charge in [-0.1, -0.05) is 12.1 Å². The molecule has 2 heterocycles. The lowest BCUT2D eigenvalue weighted by atomic mass is 9.99. The number of hydrogen-bond donors (Lipinski definition) is 3. The highest BCUT2D eigenvalue weighted by Gasteiger charge is 2.27. The number of methoxy groups -OCH3 is 2. The maximum absolute atomic E-state index is 12.2. The smallest absolute Gasteiger partial charge is 0.331 e. The number of nitrogens with one attached hydrogen (secondary N) is 2. The monoisotopic (exact) mass is 372 g/mol. The second kappa shape index (κ2) is 7.40. The van der Waals surface area contributed by atoms with Crippen molar-refractivity contribution in [2.75, 3.05) is 14.2 Å². The number of hydrazone groups is 1. The second-order valence-corrected chi connectivity index (χ2v) is 5.92. The second-order valence-electron chi connectivity index (χ2n) is 5.92. The van der Waals surface area contributed by atoms with Gasteiger partial charge in [-0.2, -0.15) is 5.10 Å². The van der Waals surface area contributed by atoms with Crippen molar-refractivity contribution in [3.8, 4) is 17.4 Å². The Kier molecular flexibility index (Phi) is 5.02. The Bertz CT molecular complexity index is 1020. The van der Waals surface area contributed by atoms with E-state index in [1.165, 1.54) is 6.08 Å². The summed E-state index contributed by atoms with van der Waals surface area (Å²) < 4.78 is 11.6. The molecule has 3 N–H and O–H groups in total. The van der Waals surface area contributed by atoms with Crippen LogP contribution in [0, 0.1) is 0 Å². The molecule has 0 saturated carbocycles. The summed E-state index contributed by atoms with van der Waals surface area (Å²) in [6.45, 7) is 3.61. The third-order valence-corrected chi connectivity index (χ3v) is 4.33.